The normalized spacial score (nSPS) is 11.1. The summed E-state index contributed by atoms with van der Waals surface area (Å²) in [5.74, 6) is 0.275. The Kier molecular flexibility index (Phi) is 7.87. The first-order valence-electron chi connectivity index (χ1n) is 7.38. The van der Waals surface area contributed by atoms with Crippen LogP contribution >= 0.6 is 11.8 Å². The summed E-state index contributed by atoms with van der Waals surface area (Å²) in [6, 6.07) is 0. The van der Waals surface area contributed by atoms with E-state index < -0.39 is 11.7 Å². The lowest BCUT2D eigenvalue weighted by atomic mass is 10.2. The van der Waals surface area contributed by atoms with Crippen LogP contribution in [0.25, 0.3) is 0 Å². The van der Waals surface area contributed by atoms with Crippen LogP contribution in [-0.4, -0.2) is 46.8 Å². The first kappa shape index (κ1) is 19.3. The highest BCUT2D eigenvalue weighted by Gasteiger charge is 2.15. The molecule has 0 atom stereocenters. The molecule has 0 bridgehead atoms. The maximum absolute atomic E-state index is 11.4. The quantitative estimate of drug-likeness (QED) is 0.434. The van der Waals surface area contributed by atoms with Crippen LogP contribution in [0.15, 0.2) is 9.64 Å². The van der Waals surface area contributed by atoms with Crippen LogP contribution in [0.5, 0.6) is 0 Å². The van der Waals surface area contributed by atoms with E-state index in [4.69, 9.17) is 13.9 Å². The molecule has 1 aromatic rings. The minimum atomic E-state index is -0.512. The molecule has 0 spiro atoms. The second-order valence-electron chi connectivity index (χ2n) is 5.59. The van der Waals surface area contributed by atoms with Crippen molar-refractivity contribution in [3.8, 4) is 0 Å². The Balaban J connectivity index is 2.21. The molecule has 0 aliphatic heterocycles. The summed E-state index contributed by atoms with van der Waals surface area (Å²) in [7, 11) is 0. The third-order valence-corrected chi connectivity index (χ3v) is 3.09. The number of nitrogens with one attached hydrogen (secondary N) is 1. The van der Waals surface area contributed by atoms with Crippen LogP contribution in [0, 0.1) is 0 Å². The first-order chi connectivity index (χ1) is 10.8. The second-order valence-corrected chi connectivity index (χ2v) is 6.51. The average Bonchev–Trinajstić information content (AvgIpc) is 2.88. The van der Waals surface area contributed by atoms with Crippen molar-refractivity contribution in [2.45, 2.75) is 51.4 Å². The number of thioether (sulfide) groups is 1. The SMILES string of the molecule is CCOC(=O)CSc1nnc(CCCNC(=O)OC(C)(C)C)o1. The molecule has 1 heterocycles. The Morgan fingerprint density at radius 2 is 2.04 bits per heavy atom. The molecule has 0 aromatic carbocycles. The molecule has 1 rings (SSSR count). The molecule has 0 aliphatic rings. The number of alkyl carbamates (subject to hydrolysis) is 1. The predicted octanol–water partition coefficient (Wildman–Crippen LogP) is 2.18. The number of hydrogen-bond acceptors (Lipinski definition) is 8. The number of esters is 1. The van der Waals surface area contributed by atoms with Gasteiger partial charge in [-0.1, -0.05) is 11.8 Å². The fourth-order valence-corrected chi connectivity index (χ4v) is 2.04. The average molecular weight is 345 g/mol. The fraction of sp³-hybridized carbons (Fsp3) is 0.714. The number of aromatic nitrogens is 2. The minimum absolute atomic E-state index is 0.135. The number of aryl methyl sites for hydroxylation is 1. The Morgan fingerprint density at radius 1 is 1.30 bits per heavy atom. The van der Waals surface area contributed by atoms with Gasteiger partial charge in [-0.15, -0.1) is 10.2 Å². The monoisotopic (exact) mass is 345 g/mol. The number of amides is 1. The van der Waals surface area contributed by atoms with E-state index in [1.807, 2.05) is 0 Å². The molecule has 0 fully saturated rings. The molecule has 0 saturated carbocycles. The zero-order chi connectivity index (χ0) is 17.3. The molecular weight excluding hydrogens is 322 g/mol. The van der Waals surface area contributed by atoms with Crippen LogP contribution in [0.2, 0.25) is 0 Å². The molecule has 1 amide bonds. The van der Waals surface area contributed by atoms with Gasteiger partial charge in [-0.25, -0.2) is 4.79 Å². The summed E-state index contributed by atoms with van der Waals surface area (Å²) in [5.41, 5.74) is -0.512. The van der Waals surface area contributed by atoms with Gasteiger partial charge in [0, 0.05) is 13.0 Å². The fourth-order valence-electron chi connectivity index (χ4n) is 1.47. The zero-order valence-electron chi connectivity index (χ0n) is 13.9. The highest BCUT2D eigenvalue weighted by atomic mass is 32.2. The van der Waals surface area contributed by atoms with E-state index in [-0.39, 0.29) is 11.7 Å². The Morgan fingerprint density at radius 3 is 2.70 bits per heavy atom. The summed E-state index contributed by atoms with van der Waals surface area (Å²) in [6.45, 7) is 7.96. The molecule has 1 aromatic heterocycles. The topological polar surface area (TPSA) is 104 Å². The van der Waals surface area contributed by atoms with Crippen molar-refractivity contribution in [1.29, 1.82) is 0 Å². The van der Waals surface area contributed by atoms with Crippen LogP contribution in [0.1, 0.15) is 40.0 Å². The number of rotatable bonds is 8. The minimum Gasteiger partial charge on any atom is -0.465 e. The van der Waals surface area contributed by atoms with Crippen LogP contribution < -0.4 is 5.32 Å². The van der Waals surface area contributed by atoms with Crippen LogP contribution in [0.3, 0.4) is 0 Å². The van der Waals surface area contributed by atoms with E-state index in [1.54, 1.807) is 27.7 Å². The standard InChI is InChI=1S/C14H23N3O5S/c1-5-20-11(18)9-23-13-17-16-10(21-13)7-6-8-15-12(19)22-14(2,3)4/h5-9H2,1-4H3,(H,15,19). The van der Waals surface area contributed by atoms with Gasteiger partial charge in [-0.05, 0) is 34.1 Å². The summed E-state index contributed by atoms with van der Waals surface area (Å²) in [5, 5.41) is 10.7. The van der Waals surface area contributed by atoms with E-state index in [1.165, 1.54) is 0 Å². The van der Waals surface area contributed by atoms with Gasteiger partial charge in [0.05, 0.1) is 6.61 Å². The highest BCUT2D eigenvalue weighted by Crippen LogP contribution is 2.16. The van der Waals surface area contributed by atoms with Crippen molar-refractivity contribution < 1.29 is 23.5 Å². The number of hydrogen-bond donors (Lipinski definition) is 1. The van der Waals surface area contributed by atoms with Gasteiger partial charge < -0.3 is 19.2 Å². The molecule has 23 heavy (non-hydrogen) atoms. The molecule has 1 N–H and O–H groups in total. The van der Waals surface area contributed by atoms with Gasteiger partial charge in [0.25, 0.3) is 5.22 Å². The molecule has 0 saturated heterocycles. The van der Waals surface area contributed by atoms with Gasteiger partial charge in [0.15, 0.2) is 0 Å². The van der Waals surface area contributed by atoms with Crippen molar-refractivity contribution in [1.82, 2.24) is 15.5 Å². The second kappa shape index (κ2) is 9.39. The summed E-state index contributed by atoms with van der Waals surface area (Å²) < 4.78 is 15.3. The molecule has 130 valence electrons. The maximum atomic E-state index is 11.4. The lowest BCUT2D eigenvalue weighted by molar-refractivity contribution is -0.139. The number of carbonyl (C=O) groups is 2. The molecule has 0 aliphatic carbocycles. The van der Waals surface area contributed by atoms with E-state index in [9.17, 15) is 9.59 Å². The summed E-state index contributed by atoms with van der Waals surface area (Å²) in [6.07, 6.45) is 0.723. The Bertz CT molecular complexity index is 513. The highest BCUT2D eigenvalue weighted by molar-refractivity contribution is 7.99. The number of ether oxygens (including phenoxy) is 2. The van der Waals surface area contributed by atoms with Gasteiger partial charge in [0.2, 0.25) is 5.89 Å². The predicted molar refractivity (Wildman–Crippen MR) is 84.2 cm³/mol. The lowest BCUT2D eigenvalue weighted by Gasteiger charge is -2.19. The van der Waals surface area contributed by atoms with Gasteiger partial charge in [0.1, 0.15) is 11.4 Å². The van der Waals surface area contributed by atoms with E-state index in [0.717, 1.165) is 11.8 Å². The Labute approximate surface area is 139 Å². The third kappa shape index (κ3) is 9.07. The first-order valence-corrected chi connectivity index (χ1v) is 8.36. The zero-order valence-corrected chi connectivity index (χ0v) is 14.7. The van der Waals surface area contributed by atoms with Gasteiger partial charge in [-0.2, -0.15) is 0 Å². The number of nitrogens with zero attached hydrogens (tertiary/aromatic N) is 2. The Hall–Kier alpha value is -1.77. The molecular formula is C14H23N3O5S. The van der Waals surface area contributed by atoms with Gasteiger partial charge >= 0.3 is 12.1 Å². The van der Waals surface area contributed by atoms with Crippen molar-refractivity contribution >= 4 is 23.8 Å². The summed E-state index contributed by atoms with van der Waals surface area (Å²) in [4.78, 5) is 22.7. The molecule has 8 nitrogen and oxygen atoms in total. The number of carbonyl (C=O) groups excluding carboxylic acids is 2. The summed E-state index contributed by atoms with van der Waals surface area (Å²) >= 11 is 1.14. The lowest BCUT2D eigenvalue weighted by Crippen LogP contribution is -2.33. The van der Waals surface area contributed by atoms with Crippen molar-refractivity contribution in [2.75, 3.05) is 18.9 Å². The van der Waals surface area contributed by atoms with Crippen LogP contribution in [-0.2, 0) is 20.7 Å². The van der Waals surface area contributed by atoms with Crippen molar-refractivity contribution in [2.24, 2.45) is 0 Å². The van der Waals surface area contributed by atoms with Gasteiger partial charge in [-0.3, -0.25) is 4.79 Å². The van der Waals surface area contributed by atoms with E-state index in [2.05, 4.69) is 15.5 Å². The molecule has 0 unspecified atom stereocenters. The van der Waals surface area contributed by atoms with Crippen LogP contribution in [0.4, 0.5) is 4.79 Å². The molecule has 9 heteroatoms. The van der Waals surface area contributed by atoms with Crippen molar-refractivity contribution in [3.05, 3.63) is 5.89 Å². The maximum Gasteiger partial charge on any atom is 0.407 e. The van der Waals surface area contributed by atoms with E-state index >= 15 is 0 Å². The smallest absolute Gasteiger partial charge is 0.407 e. The third-order valence-electron chi connectivity index (χ3n) is 2.30. The largest absolute Gasteiger partial charge is 0.465 e. The molecule has 0 radical (unpaired) electrons. The van der Waals surface area contributed by atoms with Crippen molar-refractivity contribution in [3.63, 3.8) is 0 Å². The van der Waals surface area contributed by atoms with E-state index in [0.29, 0.717) is 37.1 Å².